The van der Waals surface area contributed by atoms with E-state index in [1.165, 1.54) is 15.6 Å². The summed E-state index contributed by atoms with van der Waals surface area (Å²) in [6.45, 7) is 1.90. The molecule has 1 aromatic carbocycles. The van der Waals surface area contributed by atoms with Crippen LogP contribution in [0.2, 0.25) is 0 Å². The predicted molar refractivity (Wildman–Crippen MR) is 69.1 cm³/mol. The van der Waals surface area contributed by atoms with E-state index in [0.717, 1.165) is 19.5 Å². The van der Waals surface area contributed by atoms with Crippen LogP contribution in [-0.2, 0) is 6.42 Å². The van der Waals surface area contributed by atoms with Crippen molar-refractivity contribution in [2.24, 2.45) is 0 Å². The summed E-state index contributed by atoms with van der Waals surface area (Å²) in [6.07, 6.45) is 1.08. The minimum atomic E-state index is 0.685. The zero-order chi connectivity index (χ0) is 10.5. The van der Waals surface area contributed by atoms with Gasteiger partial charge in [0.2, 0.25) is 0 Å². The van der Waals surface area contributed by atoms with Gasteiger partial charge >= 0.3 is 0 Å². The number of fused-ring (bicyclic) bond motifs is 1. The Balaban J connectivity index is 2.02. The van der Waals surface area contributed by atoms with Gasteiger partial charge in [-0.2, -0.15) is 0 Å². The summed E-state index contributed by atoms with van der Waals surface area (Å²) in [5, 5.41) is 6.97. The number of halogens is 1. The van der Waals surface area contributed by atoms with E-state index in [-0.39, 0.29) is 0 Å². The second-order valence-corrected chi connectivity index (χ2v) is 4.74. The van der Waals surface area contributed by atoms with Gasteiger partial charge < -0.3 is 5.32 Å². The molecule has 0 fully saturated rings. The largest absolute Gasteiger partial charge is 0.315 e. The van der Waals surface area contributed by atoms with Gasteiger partial charge in [-0.05, 0) is 35.4 Å². The molecule has 0 aliphatic carbocycles. The number of thiophene rings is 1. The van der Waals surface area contributed by atoms with E-state index < -0.39 is 0 Å². The van der Waals surface area contributed by atoms with Gasteiger partial charge in [-0.3, -0.25) is 0 Å². The molecule has 0 spiro atoms. The predicted octanol–water partition coefficient (Wildman–Crippen LogP) is 3.27. The molecule has 2 rings (SSSR count). The van der Waals surface area contributed by atoms with E-state index in [4.69, 9.17) is 11.6 Å². The Labute approximate surface area is 99.1 Å². The third-order valence-corrected chi connectivity index (χ3v) is 3.60. The average Bonchev–Trinajstić information content (AvgIpc) is 2.68. The van der Waals surface area contributed by atoms with Crippen molar-refractivity contribution < 1.29 is 0 Å². The van der Waals surface area contributed by atoms with Gasteiger partial charge in [-0.15, -0.1) is 22.9 Å². The van der Waals surface area contributed by atoms with Crippen LogP contribution in [0.4, 0.5) is 0 Å². The monoisotopic (exact) mass is 239 g/mol. The Kier molecular flexibility index (Phi) is 4.01. The molecule has 15 heavy (non-hydrogen) atoms. The maximum atomic E-state index is 5.60. The molecule has 80 valence electrons. The van der Waals surface area contributed by atoms with E-state index >= 15 is 0 Å². The van der Waals surface area contributed by atoms with Crippen LogP contribution in [-0.4, -0.2) is 19.0 Å². The summed E-state index contributed by atoms with van der Waals surface area (Å²) in [5.41, 5.74) is 1.44. The van der Waals surface area contributed by atoms with E-state index in [9.17, 15) is 0 Å². The van der Waals surface area contributed by atoms with Crippen LogP contribution in [0.1, 0.15) is 5.56 Å². The molecule has 2 aromatic rings. The standard InChI is InChI=1S/C12H14ClNS/c13-6-8-14-7-5-10-9-15-12-4-2-1-3-11(10)12/h1-4,9,14H,5-8H2. The van der Waals surface area contributed by atoms with Gasteiger partial charge in [0, 0.05) is 17.1 Å². The molecule has 0 aliphatic heterocycles. The first-order valence-corrected chi connectivity index (χ1v) is 6.55. The van der Waals surface area contributed by atoms with Crippen LogP contribution in [0.15, 0.2) is 29.6 Å². The highest BCUT2D eigenvalue weighted by atomic mass is 35.5. The molecular formula is C12H14ClNS. The maximum absolute atomic E-state index is 5.60. The number of hydrogen-bond donors (Lipinski definition) is 1. The van der Waals surface area contributed by atoms with Crippen LogP contribution in [0.25, 0.3) is 10.1 Å². The van der Waals surface area contributed by atoms with Crippen molar-refractivity contribution >= 4 is 33.0 Å². The molecule has 0 aliphatic rings. The number of alkyl halides is 1. The summed E-state index contributed by atoms with van der Waals surface area (Å²) < 4.78 is 1.38. The van der Waals surface area contributed by atoms with E-state index in [1.807, 2.05) is 11.3 Å². The fourth-order valence-electron chi connectivity index (χ4n) is 1.64. The molecule has 1 N–H and O–H groups in total. The molecule has 0 unspecified atom stereocenters. The fraction of sp³-hybridized carbons (Fsp3) is 0.333. The van der Waals surface area contributed by atoms with Crippen LogP contribution in [0.5, 0.6) is 0 Å². The third kappa shape index (κ3) is 2.71. The molecule has 0 atom stereocenters. The lowest BCUT2D eigenvalue weighted by Gasteiger charge is -2.01. The van der Waals surface area contributed by atoms with Crippen LogP contribution in [0, 0.1) is 0 Å². The molecule has 0 amide bonds. The summed E-state index contributed by atoms with van der Waals surface area (Å²) >= 11 is 7.42. The van der Waals surface area contributed by atoms with Gasteiger partial charge in [-0.1, -0.05) is 18.2 Å². The smallest absolute Gasteiger partial charge is 0.0348 e. The summed E-state index contributed by atoms with van der Waals surface area (Å²) in [6, 6.07) is 8.57. The summed E-state index contributed by atoms with van der Waals surface area (Å²) in [7, 11) is 0. The molecule has 1 aromatic heterocycles. The highest BCUT2D eigenvalue weighted by Crippen LogP contribution is 2.25. The Morgan fingerprint density at radius 1 is 1.20 bits per heavy atom. The summed E-state index contributed by atoms with van der Waals surface area (Å²) in [5.74, 6) is 0.685. The van der Waals surface area contributed by atoms with Crippen LogP contribution in [0.3, 0.4) is 0 Å². The molecule has 0 saturated carbocycles. The lowest BCUT2D eigenvalue weighted by Crippen LogP contribution is -2.19. The van der Waals surface area contributed by atoms with E-state index in [0.29, 0.717) is 5.88 Å². The number of benzene rings is 1. The SMILES string of the molecule is ClCCNCCc1csc2ccccc12. The lowest BCUT2D eigenvalue weighted by atomic mass is 10.1. The Morgan fingerprint density at radius 3 is 2.93 bits per heavy atom. The van der Waals surface area contributed by atoms with Gasteiger partial charge in [-0.25, -0.2) is 0 Å². The van der Waals surface area contributed by atoms with Crippen molar-refractivity contribution in [2.45, 2.75) is 6.42 Å². The molecule has 0 bridgehead atoms. The highest BCUT2D eigenvalue weighted by Gasteiger charge is 2.01. The van der Waals surface area contributed by atoms with Crippen molar-refractivity contribution in [3.8, 4) is 0 Å². The quantitative estimate of drug-likeness (QED) is 0.624. The van der Waals surface area contributed by atoms with Crippen molar-refractivity contribution in [1.82, 2.24) is 5.32 Å². The average molecular weight is 240 g/mol. The van der Waals surface area contributed by atoms with Gasteiger partial charge in [0.25, 0.3) is 0 Å². The molecule has 1 heterocycles. The second-order valence-electron chi connectivity index (χ2n) is 3.45. The molecule has 3 heteroatoms. The minimum Gasteiger partial charge on any atom is -0.315 e. The molecule has 1 nitrogen and oxygen atoms in total. The molecule has 0 radical (unpaired) electrons. The fourth-order valence-corrected chi connectivity index (χ4v) is 2.77. The maximum Gasteiger partial charge on any atom is 0.0348 e. The highest BCUT2D eigenvalue weighted by molar-refractivity contribution is 7.17. The lowest BCUT2D eigenvalue weighted by molar-refractivity contribution is 0.722. The number of nitrogens with one attached hydrogen (secondary N) is 1. The van der Waals surface area contributed by atoms with Crippen molar-refractivity contribution in [3.63, 3.8) is 0 Å². The van der Waals surface area contributed by atoms with Gasteiger partial charge in [0.05, 0.1) is 0 Å². The first-order chi connectivity index (χ1) is 7.42. The molecular weight excluding hydrogens is 226 g/mol. The van der Waals surface area contributed by atoms with Gasteiger partial charge in [0.1, 0.15) is 0 Å². The van der Waals surface area contributed by atoms with Crippen molar-refractivity contribution in [2.75, 3.05) is 19.0 Å². The zero-order valence-electron chi connectivity index (χ0n) is 8.50. The minimum absolute atomic E-state index is 0.685. The van der Waals surface area contributed by atoms with Crippen LogP contribution < -0.4 is 5.32 Å². The second kappa shape index (κ2) is 5.50. The van der Waals surface area contributed by atoms with Crippen molar-refractivity contribution in [1.29, 1.82) is 0 Å². The Hall–Kier alpha value is -0.570. The Bertz CT molecular complexity index is 424. The van der Waals surface area contributed by atoms with E-state index in [1.54, 1.807) is 0 Å². The third-order valence-electron chi connectivity index (χ3n) is 2.40. The topological polar surface area (TPSA) is 12.0 Å². The van der Waals surface area contributed by atoms with Gasteiger partial charge in [0.15, 0.2) is 0 Å². The van der Waals surface area contributed by atoms with E-state index in [2.05, 4.69) is 35.0 Å². The normalized spacial score (nSPS) is 11.0. The van der Waals surface area contributed by atoms with Crippen LogP contribution >= 0.6 is 22.9 Å². The number of rotatable bonds is 5. The molecule has 0 saturated heterocycles. The summed E-state index contributed by atoms with van der Waals surface area (Å²) in [4.78, 5) is 0. The first kappa shape index (κ1) is 10.9. The zero-order valence-corrected chi connectivity index (χ0v) is 10.1. The first-order valence-electron chi connectivity index (χ1n) is 5.13. The number of hydrogen-bond acceptors (Lipinski definition) is 2. The Morgan fingerprint density at radius 2 is 2.07 bits per heavy atom. The van der Waals surface area contributed by atoms with Crippen molar-refractivity contribution in [3.05, 3.63) is 35.2 Å².